The Labute approximate surface area is 128 Å². The van der Waals surface area contributed by atoms with Crippen LogP contribution in [0.3, 0.4) is 0 Å². The van der Waals surface area contributed by atoms with Crippen LogP contribution in [0.4, 0.5) is 19.3 Å². The summed E-state index contributed by atoms with van der Waals surface area (Å²) in [7, 11) is 0. The van der Waals surface area contributed by atoms with E-state index in [2.05, 4.69) is 15.5 Å². The summed E-state index contributed by atoms with van der Waals surface area (Å²) in [5.41, 5.74) is -0.710. The summed E-state index contributed by atoms with van der Waals surface area (Å²) < 4.78 is 32.2. The molecule has 2 amide bonds. The molecule has 122 valence electrons. The average Bonchev–Trinajstić information content (AvgIpc) is 2.50. The molecule has 22 heavy (non-hydrogen) atoms. The summed E-state index contributed by atoms with van der Waals surface area (Å²) in [6.45, 7) is 7.27. The minimum Gasteiger partial charge on any atom is -0.379 e. The zero-order chi connectivity index (χ0) is 16.2. The van der Waals surface area contributed by atoms with Gasteiger partial charge in [0.25, 0.3) is 0 Å². The molecule has 2 rings (SSSR count). The van der Waals surface area contributed by atoms with Gasteiger partial charge in [0.2, 0.25) is 0 Å². The van der Waals surface area contributed by atoms with E-state index in [1.807, 2.05) is 13.8 Å². The zero-order valence-electron chi connectivity index (χ0n) is 12.8. The van der Waals surface area contributed by atoms with Crippen LogP contribution < -0.4 is 10.6 Å². The quantitative estimate of drug-likeness (QED) is 0.896. The maximum atomic E-state index is 13.5. The Morgan fingerprint density at radius 2 is 1.86 bits per heavy atom. The second kappa shape index (κ2) is 7.02. The van der Waals surface area contributed by atoms with Crippen molar-refractivity contribution in [2.45, 2.75) is 19.4 Å². The molecule has 1 aliphatic rings. The highest BCUT2D eigenvalue weighted by Crippen LogP contribution is 2.18. The Morgan fingerprint density at radius 3 is 2.45 bits per heavy atom. The molecule has 0 spiro atoms. The zero-order valence-corrected chi connectivity index (χ0v) is 12.8. The number of carbonyl (C=O) groups is 1. The highest BCUT2D eigenvalue weighted by atomic mass is 19.1. The molecule has 1 fully saturated rings. The topological polar surface area (TPSA) is 53.6 Å². The third-order valence-corrected chi connectivity index (χ3v) is 3.75. The molecule has 1 saturated heterocycles. The van der Waals surface area contributed by atoms with Gasteiger partial charge in [0.1, 0.15) is 17.3 Å². The van der Waals surface area contributed by atoms with Crippen LogP contribution in [0.5, 0.6) is 0 Å². The van der Waals surface area contributed by atoms with Crippen molar-refractivity contribution in [3.8, 4) is 0 Å². The molecule has 0 atom stereocenters. The first kappa shape index (κ1) is 16.6. The number of hydrogen-bond donors (Lipinski definition) is 2. The molecular formula is C15H21F2N3O2. The molecule has 0 aromatic heterocycles. The van der Waals surface area contributed by atoms with Crippen molar-refractivity contribution in [1.82, 2.24) is 10.2 Å². The standard InChI is InChI=1S/C15H21F2N3O2/c1-15(2,20-6-8-22-9-7-20)10-18-14(21)19-13-11(16)4-3-5-12(13)17/h3-5H,6-10H2,1-2H3,(H2,18,19,21). The Morgan fingerprint density at radius 1 is 1.27 bits per heavy atom. The first-order chi connectivity index (χ1) is 10.4. The number of para-hydroxylation sites is 1. The lowest BCUT2D eigenvalue weighted by atomic mass is 10.0. The predicted molar refractivity (Wildman–Crippen MR) is 79.9 cm³/mol. The summed E-state index contributed by atoms with van der Waals surface area (Å²) in [6.07, 6.45) is 0. The molecule has 5 nitrogen and oxygen atoms in total. The summed E-state index contributed by atoms with van der Waals surface area (Å²) >= 11 is 0. The lowest BCUT2D eigenvalue weighted by Gasteiger charge is -2.40. The molecule has 0 radical (unpaired) electrons. The summed E-state index contributed by atoms with van der Waals surface area (Å²) in [5.74, 6) is -1.61. The van der Waals surface area contributed by atoms with Gasteiger partial charge in [-0.25, -0.2) is 13.6 Å². The number of anilines is 1. The van der Waals surface area contributed by atoms with Gasteiger partial charge < -0.3 is 15.4 Å². The Bertz CT molecular complexity index is 511. The normalized spacial score (nSPS) is 16.4. The second-order valence-corrected chi connectivity index (χ2v) is 5.82. The molecule has 1 aromatic rings. The van der Waals surface area contributed by atoms with Crippen LogP contribution in [0.1, 0.15) is 13.8 Å². The highest BCUT2D eigenvalue weighted by Gasteiger charge is 2.28. The second-order valence-electron chi connectivity index (χ2n) is 5.82. The van der Waals surface area contributed by atoms with E-state index in [1.54, 1.807) is 0 Å². The first-order valence-corrected chi connectivity index (χ1v) is 7.22. The Hall–Kier alpha value is -1.73. The minimum atomic E-state index is -0.803. The van der Waals surface area contributed by atoms with Gasteiger partial charge in [-0.05, 0) is 26.0 Å². The van der Waals surface area contributed by atoms with E-state index in [4.69, 9.17) is 4.74 Å². The van der Waals surface area contributed by atoms with Crippen molar-refractivity contribution in [1.29, 1.82) is 0 Å². The molecule has 7 heteroatoms. The highest BCUT2D eigenvalue weighted by molar-refractivity contribution is 5.89. The van der Waals surface area contributed by atoms with Crippen LogP contribution >= 0.6 is 0 Å². The predicted octanol–water partition coefficient (Wildman–Crippen LogP) is 2.20. The van der Waals surface area contributed by atoms with Crippen LogP contribution in [0.2, 0.25) is 0 Å². The number of hydrogen-bond acceptors (Lipinski definition) is 3. The number of urea groups is 1. The molecule has 0 saturated carbocycles. The summed E-state index contributed by atoms with van der Waals surface area (Å²) in [6, 6.07) is 2.80. The van der Waals surface area contributed by atoms with Gasteiger partial charge in [0.15, 0.2) is 0 Å². The fraction of sp³-hybridized carbons (Fsp3) is 0.533. The SMILES string of the molecule is CC(C)(CNC(=O)Nc1c(F)cccc1F)N1CCOCC1. The average molecular weight is 313 g/mol. The minimum absolute atomic E-state index is 0.269. The van der Waals surface area contributed by atoms with E-state index < -0.39 is 23.4 Å². The van der Waals surface area contributed by atoms with E-state index in [0.29, 0.717) is 19.8 Å². The maximum absolute atomic E-state index is 13.5. The number of nitrogens with zero attached hydrogens (tertiary/aromatic N) is 1. The van der Waals surface area contributed by atoms with Crippen molar-refractivity contribution >= 4 is 11.7 Å². The monoisotopic (exact) mass is 313 g/mol. The third kappa shape index (κ3) is 4.14. The van der Waals surface area contributed by atoms with Crippen molar-refractivity contribution < 1.29 is 18.3 Å². The van der Waals surface area contributed by atoms with Crippen molar-refractivity contribution in [2.75, 3.05) is 38.2 Å². The molecular weight excluding hydrogens is 292 g/mol. The van der Waals surface area contributed by atoms with E-state index in [0.717, 1.165) is 25.2 Å². The van der Waals surface area contributed by atoms with Crippen LogP contribution in [0, 0.1) is 11.6 Å². The molecule has 1 heterocycles. The van der Waals surface area contributed by atoms with Crippen LogP contribution in [-0.2, 0) is 4.74 Å². The number of halogens is 2. The fourth-order valence-corrected chi connectivity index (χ4v) is 2.35. The van der Waals surface area contributed by atoms with Crippen LogP contribution in [0.15, 0.2) is 18.2 Å². The van der Waals surface area contributed by atoms with E-state index in [9.17, 15) is 13.6 Å². The van der Waals surface area contributed by atoms with Gasteiger partial charge in [-0.15, -0.1) is 0 Å². The molecule has 1 aliphatic heterocycles. The number of morpholine rings is 1. The van der Waals surface area contributed by atoms with Gasteiger partial charge >= 0.3 is 6.03 Å². The van der Waals surface area contributed by atoms with Crippen LogP contribution in [-0.4, -0.2) is 49.3 Å². The number of ether oxygens (including phenoxy) is 1. The number of carbonyl (C=O) groups excluding carboxylic acids is 1. The number of amides is 2. The lowest BCUT2D eigenvalue weighted by Crippen LogP contribution is -2.55. The largest absolute Gasteiger partial charge is 0.379 e. The van der Waals surface area contributed by atoms with Crippen molar-refractivity contribution in [3.63, 3.8) is 0 Å². The summed E-state index contributed by atoms with van der Waals surface area (Å²) in [4.78, 5) is 14.1. The van der Waals surface area contributed by atoms with E-state index in [-0.39, 0.29) is 5.54 Å². The van der Waals surface area contributed by atoms with Crippen molar-refractivity contribution in [3.05, 3.63) is 29.8 Å². The van der Waals surface area contributed by atoms with Gasteiger partial charge in [-0.3, -0.25) is 4.90 Å². The Balaban J connectivity index is 1.89. The van der Waals surface area contributed by atoms with Gasteiger partial charge in [0, 0.05) is 25.2 Å². The van der Waals surface area contributed by atoms with Crippen molar-refractivity contribution in [2.24, 2.45) is 0 Å². The van der Waals surface area contributed by atoms with E-state index >= 15 is 0 Å². The molecule has 1 aromatic carbocycles. The molecule has 2 N–H and O–H groups in total. The maximum Gasteiger partial charge on any atom is 0.319 e. The molecule has 0 bridgehead atoms. The van der Waals surface area contributed by atoms with Gasteiger partial charge in [-0.2, -0.15) is 0 Å². The smallest absolute Gasteiger partial charge is 0.319 e. The number of rotatable bonds is 4. The van der Waals surface area contributed by atoms with Crippen LogP contribution in [0.25, 0.3) is 0 Å². The number of benzene rings is 1. The fourth-order valence-electron chi connectivity index (χ4n) is 2.35. The Kier molecular flexibility index (Phi) is 5.31. The van der Waals surface area contributed by atoms with E-state index in [1.165, 1.54) is 6.07 Å². The number of nitrogens with one attached hydrogen (secondary N) is 2. The third-order valence-electron chi connectivity index (χ3n) is 3.75. The first-order valence-electron chi connectivity index (χ1n) is 7.22. The summed E-state index contributed by atoms with van der Waals surface area (Å²) in [5, 5.41) is 4.87. The molecule has 0 unspecified atom stereocenters. The molecule has 0 aliphatic carbocycles. The van der Waals surface area contributed by atoms with Gasteiger partial charge in [-0.1, -0.05) is 6.07 Å². The lowest BCUT2D eigenvalue weighted by molar-refractivity contribution is -0.00863. The van der Waals surface area contributed by atoms with Gasteiger partial charge in [0.05, 0.1) is 13.2 Å².